The average molecular weight is 375 g/mol. The van der Waals surface area contributed by atoms with E-state index in [1.165, 1.54) is 4.90 Å². The van der Waals surface area contributed by atoms with Crippen LogP contribution in [0.25, 0.3) is 0 Å². The van der Waals surface area contributed by atoms with Gasteiger partial charge in [-0.3, -0.25) is 14.9 Å². The minimum absolute atomic E-state index is 0.218. The Morgan fingerprint density at radius 2 is 1.96 bits per heavy atom. The second kappa shape index (κ2) is 8.39. The highest BCUT2D eigenvalue weighted by Gasteiger charge is 2.42. The number of guanidine groups is 1. The van der Waals surface area contributed by atoms with E-state index in [1.807, 2.05) is 12.1 Å². The van der Waals surface area contributed by atoms with E-state index in [2.05, 4.69) is 17.3 Å². The van der Waals surface area contributed by atoms with Gasteiger partial charge >= 0.3 is 5.97 Å². The molecule has 8 heteroatoms. The lowest BCUT2D eigenvalue weighted by Gasteiger charge is -2.36. The Morgan fingerprint density at radius 3 is 2.56 bits per heavy atom. The van der Waals surface area contributed by atoms with Gasteiger partial charge in [-0.15, -0.1) is 0 Å². The van der Waals surface area contributed by atoms with Crippen molar-refractivity contribution in [3.05, 3.63) is 29.8 Å². The summed E-state index contributed by atoms with van der Waals surface area (Å²) in [5, 5.41) is 2.81. The van der Waals surface area contributed by atoms with Crippen molar-refractivity contribution in [3.63, 3.8) is 0 Å². The molecular weight excluding hydrogens is 348 g/mol. The van der Waals surface area contributed by atoms with Crippen LogP contribution in [0.3, 0.4) is 0 Å². The standard InChI is InChI=1S/C19H26N4O4/c1-4-27-18(25)15-16(13-5-7-14(26-3)8-6-13)20-19(21-17(15)24)23-11-9-22(2)10-12-23/h5-8,15-16H,4,9-12H2,1-3H3,(H,20,21,24)/p+1/t15-,16+/m1/s1. The first-order chi connectivity index (χ1) is 13.0. The molecule has 27 heavy (non-hydrogen) atoms. The van der Waals surface area contributed by atoms with Crippen molar-refractivity contribution in [1.29, 1.82) is 0 Å². The van der Waals surface area contributed by atoms with Crippen molar-refractivity contribution in [2.75, 3.05) is 46.9 Å². The van der Waals surface area contributed by atoms with Crippen LogP contribution in [0, 0.1) is 5.92 Å². The SMILES string of the molecule is CCOC(=O)[C@H]1C(=O)NC(N2CC[NH+](C)CC2)=N[C@H]1c1ccc(OC)cc1. The highest BCUT2D eigenvalue weighted by Crippen LogP contribution is 2.31. The minimum Gasteiger partial charge on any atom is -0.497 e. The third kappa shape index (κ3) is 4.21. The van der Waals surface area contributed by atoms with Gasteiger partial charge in [-0.25, -0.2) is 4.99 Å². The fraction of sp³-hybridized carbons (Fsp3) is 0.526. The maximum absolute atomic E-state index is 12.8. The zero-order valence-electron chi connectivity index (χ0n) is 16.0. The Kier molecular flexibility index (Phi) is 5.95. The largest absolute Gasteiger partial charge is 0.497 e. The van der Waals surface area contributed by atoms with Crippen molar-refractivity contribution >= 4 is 17.8 Å². The van der Waals surface area contributed by atoms with Gasteiger partial charge in [0.2, 0.25) is 11.9 Å². The van der Waals surface area contributed by atoms with Crippen LogP contribution in [0.1, 0.15) is 18.5 Å². The Labute approximate surface area is 159 Å². The number of carbonyl (C=O) groups excluding carboxylic acids is 2. The van der Waals surface area contributed by atoms with Crippen LogP contribution in [0.4, 0.5) is 0 Å². The fourth-order valence-electron chi connectivity index (χ4n) is 3.37. The number of quaternary nitrogens is 1. The van der Waals surface area contributed by atoms with Crippen molar-refractivity contribution in [1.82, 2.24) is 10.2 Å². The van der Waals surface area contributed by atoms with Crippen molar-refractivity contribution in [2.45, 2.75) is 13.0 Å². The number of piperazine rings is 1. The van der Waals surface area contributed by atoms with Gasteiger partial charge in [0.15, 0.2) is 5.92 Å². The van der Waals surface area contributed by atoms with E-state index >= 15 is 0 Å². The van der Waals surface area contributed by atoms with E-state index < -0.39 is 17.9 Å². The molecule has 146 valence electrons. The smallest absolute Gasteiger partial charge is 0.321 e. The summed E-state index contributed by atoms with van der Waals surface area (Å²) in [6.07, 6.45) is 0. The van der Waals surface area contributed by atoms with Gasteiger partial charge in [0.25, 0.3) is 0 Å². The molecule has 3 rings (SSSR count). The molecular formula is C19H27N4O4+. The average Bonchev–Trinajstić information content (AvgIpc) is 2.68. The molecule has 2 N–H and O–H groups in total. The Bertz CT molecular complexity index is 711. The van der Waals surface area contributed by atoms with Gasteiger partial charge in [-0.1, -0.05) is 12.1 Å². The number of likely N-dealkylation sites (N-methyl/N-ethyl adjacent to an activating group) is 1. The number of carbonyl (C=O) groups is 2. The quantitative estimate of drug-likeness (QED) is 0.533. The first-order valence-corrected chi connectivity index (χ1v) is 9.29. The Balaban J connectivity index is 1.93. The molecule has 0 spiro atoms. The molecule has 0 bridgehead atoms. The molecule has 1 aromatic rings. The summed E-state index contributed by atoms with van der Waals surface area (Å²) < 4.78 is 10.3. The molecule has 1 saturated heterocycles. The molecule has 2 aliphatic heterocycles. The predicted molar refractivity (Wildman–Crippen MR) is 99.6 cm³/mol. The lowest BCUT2D eigenvalue weighted by molar-refractivity contribution is -0.883. The number of nitrogens with one attached hydrogen (secondary N) is 2. The number of benzene rings is 1. The third-order valence-electron chi connectivity index (χ3n) is 5.01. The summed E-state index contributed by atoms with van der Waals surface area (Å²) in [7, 11) is 3.74. The summed E-state index contributed by atoms with van der Waals surface area (Å²) in [6, 6.07) is 6.66. The Morgan fingerprint density at radius 1 is 1.30 bits per heavy atom. The molecule has 0 radical (unpaired) electrons. The normalized spacial score (nSPS) is 23.4. The first-order valence-electron chi connectivity index (χ1n) is 9.29. The van der Waals surface area contributed by atoms with E-state index in [-0.39, 0.29) is 12.5 Å². The molecule has 0 aliphatic carbocycles. The topological polar surface area (TPSA) is 84.7 Å². The van der Waals surface area contributed by atoms with Crippen LogP contribution in [0.15, 0.2) is 29.3 Å². The van der Waals surface area contributed by atoms with E-state index in [0.717, 1.165) is 31.7 Å². The van der Waals surface area contributed by atoms with E-state index in [4.69, 9.17) is 14.5 Å². The van der Waals surface area contributed by atoms with Crippen molar-refractivity contribution < 1.29 is 24.0 Å². The summed E-state index contributed by atoms with van der Waals surface area (Å²) in [5.41, 5.74) is 0.779. The molecule has 0 aromatic heterocycles. The minimum atomic E-state index is -1.000. The molecule has 2 aliphatic rings. The summed E-state index contributed by atoms with van der Waals surface area (Å²) >= 11 is 0. The molecule has 2 atom stereocenters. The number of ether oxygens (including phenoxy) is 2. The van der Waals surface area contributed by atoms with Crippen LogP contribution in [-0.4, -0.2) is 69.7 Å². The number of hydrogen-bond acceptors (Lipinski definition) is 6. The maximum Gasteiger partial charge on any atom is 0.321 e. The highest BCUT2D eigenvalue weighted by atomic mass is 16.5. The van der Waals surface area contributed by atoms with Crippen molar-refractivity contribution in [3.8, 4) is 5.75 Å². The van der Waals surface area contributed by atoms with E-state index in [9.17, 15) is 9.59 Å². The lowest BCUT2D eigenvalue weighted by atomic mass is 9.91. The van der Waals surface area contributed by atoms with Crippen molar-refractivity contribution in [2.24, 2.45) is 10.9 Å². The maximum atomic E-state index is 12.8. The molecule has 1 amide bonds. The van der Waals surface area contributed by atoms with Crippen LogP contribution >= 0.6 is 0 Å². The number of rotatable bonds is 4. The van der Waals surface area contributed by atoms with E-state index in [1.54, 1.807) is 26.2 Å². The number of amides is 1. The molecule has 1 aromatic carbocycles. The highest BCUT2D eigenvalue weighted by molar-refractivity contribution is 6.08. The number of hydrogen-bond donors (Lipinski definition) is 2. The Hall–Kier alpha value is -2.61. The van der Waals surface area contributed by atoms with Crippen LogP contribution in [0.2, 0.25) is 0 Å². The van der Waals surface area contributed by atoms with Crippen LogP contribution in [-0.2, 0) is 14.3 Å². The molecule has 2 heterocycles. The summed E-state index contributed by atoms with van der Waals surface area (Å²) in [4.78, 5) is 33.5. The fourth-order valence-corrected chi connectivity index (χ4v) is 3.37. The number of aliphatic imine (C=N–C) groups is 1. The van der Waals surface area contributed by atoms with Gasteiger partial charge in [0.1, 0.15) is 11.8 Å². The van der Waals surface area contributed by atoms with Gasteiger partial charge in [-0.2, -0.15) is 0 Å². The second-order valence-electron chi connectivity index (χ2n) is 6.83. The van der Waals surface area contributed by atoms with Gasteiger partial charge in [-0.05, 0) is 24.6 Å². The molecule has 8 nitrogen and oxygen atoms in total. The number of nitrogens with zero attached hydrogens (tertiary/aromatic N) is 2. The monoisotopic (exact) mass is 375 g/mol. The third-order valence-corrected chi connectivity index (χ3v) is 5.01. The second-order valence-corrected chi connectivity index (χ2v) is 6.83. The number of methoxy groups -OCH3 is 1. The van der Waals surface area contributed by atoms with E-state index in [0.29, 0.717) is 11.7 Å². The molecule has 1 fully saturated rings. The van der Waals surface area contributed by atoms with Gasteiger partial charge < -0.3 is 19.3 Å². The van der Waals surface area contributed by atoms with Gasteiger partial charge in [0, 0.05) is 0 Å². The van der Waals surface area contributed by atoms with Crippen LogP contribution in [0.5, 0.6) is 5.75 Å². The predicted octanol–water partition coefficient (Wildman–Crippen LogP) is -0.768. The zero-order valence-corrected chi connectivity index (χ0v) is 16.0. The molecule has 0 saturated carbocycles. The lowest BCUT2D eigenvalue weighted by Crippen LogP contribution is -3.12. The number of esters is 1. The van der Waals surface area contributed by atoms with Crippen LogP contribution < -0.4 is 15.0 Å². The molecule has 0 unspecified atom stereocenters. The summed E-state index contributed by atoms with van der Waals surface area (Å²) in [5.74, 6) is -0.682. The van der Waals surface area contributed by atoms with Gasteiger partial charge in [0.05, 0.1) is 46.9 Å². The first kappa shape index (κ1) is 19.2. The summed E-state index contributed by atoms with van der Waals surface area (Å²) in [6.45, 7) is 5.51. The zero-order chi connectivity index (χ0) is 19.4.